The van der Waals surface area contributed by atoms with Crippen LogP contribution in [-0.4, -0.2) is 45.3 Å². The lowest BCUT2D eigenvalue weighted by Gasteiger charge is -2.35. The Morgan fingerprint density at radius 2 is 1.88 bits per heavy atom. The maximum Gasteiger partial charge on any atom is 0.410 e. The number of hydrogen-bond acceptors (Lipinski definition) is 5. The molecular weight excluding hydrogens is 421 g/mol. The van der Waals surface area contributed by atoms with Crippen molar-refractivity contribution < 1.29 is 19.0 Å². The van der Waals surface area contributed by atoms with E-state index in [9.17, 15) is 9.18 Å². The molecule has 3 aromatic rings. The maximum absolute atomic E-state index is 12.3. The second-order valence-corrected chi connectivity index (χ2v) is 7.94. The van der Waals surface area contributed by atoms with Crippen LogP contribution in [0.1, 0.15) is 43.6 Å². The Bertz CT molecular complexity index is 1010. The summed E-state index contributed by atoms with van der Waals surface area (Å²) in [5, 5.41) is 8.91. The van der Waals surface area contributed by atoms with Crippen LogP contribution in [0.3, 0.4) is 0 Å². The van der Waals surface area contributed by atoms with Crippen molar-refractivity contribution in [1.29, 1.82) is 0 Å². The molecule has 33 heavy (non-hydrogen) atoms. The summed E-state index contributed by atoms with van der Waals surface area (Å²) in [4.78, 5) is 22.7. The molecule has 1 aliphatic heterocycles. The summed E-state index contributed by atoms with van der Waals surface area (Å²) in [7, 11) is 0. The van der Waals surface area contributed by atoms with Crippen molar-refractivity contribution in [2.24, 2.45) is 0 Å². The number of carbonyl (C=O) groups is 1. The maximum atomic E-state index is 12.3. The zero-order valence-corrected chi connectivity index (χ0v) is 19.0. The topological polar surface area (TPSA) is 75.6 Å². The Hall–Kier alpha value is -3.32. The summed E-state index contributed by atoms with van der Waals surface area (Å²) in [6.07, 6.45) is 3.58. The molecule has 0 aliphatic carbocycles. The lowest BCUT2D eigenvalue weighted by molar-refractivity contribution is 0.00760. The van der Waals surface area contributed by atoms with Gasteiger partial charge in [-0.3, -0.25) is 0 Å². The highest BCUT2D eigenvalue weighted by Gasteiger charge is 2.30. The molecule has 1 amide bonds. The number of carbonyl (C=O) groups excluding carboxylic acids is 1. The van der Waals surface area contributed by atoms with E-state index in [0.29, 0.717) is 13.0 Å². The average Bonchev–Trinajstić information content (AvgIpc) is 2.83. The van der Waals surface area contributed by atoms with Gasteiger partial charge in [0.1, 0.15) is 17.7 Å². The summed E-state index contributed by atoms with van der Waals surface area (Å²) in [5.41, 5.74) is 2.97. The van der Waals surface area contributed by atoms with Gasteiger partial charge < -0.3 is 14.7 Å². The van der Waals surface area contributed by atoms with Gasteiger partial charge >= 0.3 is 6.09 Å². The Labute approximate surface area is 194 Å². The van der Waals surface area contributed by atoms with Crippen LogP contribution in [0.2, 0.25) is 0 Å². The molecule has 0 bridgehead atoms. The number of benzene rings is 2. The van der Waals surface area contributed by atoms with E-state index >= 15 is 0 Å². The normalized spacial score (nSPS) is 16.4. The quantitative estimate of drug-likeness (QED) is 0.549. The van der Waals surface area contributed by atoms with Crippen LogP contribution in [0.25, 0.3) is 11.3 Å². The van der Waals surface area contributed by atoms with Gasteiger partial charge in [-0.15, -0.1) is 0 Å². The van der Waals surface area contributed by atoms with Crippen LogP contribution in [0.4, 0.5) is 9.18 Å². The van der Waals surface area contributed by atoms with Crippen molar-refractivity contribution in [2.45, 2.75) is 45.3 Å². The summed E-state index contributed by atoms with van der Waals surface area (Å²) in [6, 6.07) is 17.9. The lowest BCUT2D eigenvalue weighted by atomic mass is 10.0. The molecule has 6 nitrogen and oxygen atoms in total. The first kappa shape index (κ1) is 24.3. The SMILES string of the molecule is Cc1nccc(-c2ccc(C(C)N3CCC(CCCO)OC3=O)cc2)n1.Fc1ccccc1. The molecule has 2 aromatic carbocycles. The third-order valence-corrected chi connectivity index (χ3v) is 5.54. The Morgan fingerprint density at radius 3 is 2.45 bits per heavy atom. The molecule has 7 heteroatoms. The van der Waals surface area contributed by atoms with E-state index in [-0.39, 0.29) is 30.7 Å². The minimum absolute atomic E-state index is 0.0533. The summed E-state index contributed by atoms with van der Waals surface area (Å²) in [5.74, 6) is 0.564. The summed E-state index contributed by atoms with van der Waals surface area (Å²) < 4.78 is 17.4. The highest BCUT2D eigenvalue weighted by Crippen LogP contribution is 2.28. The number of amides is 1. The third-order valence-electron chi connectivity index (χ3n) is 5.54. The number of aromatic nitrogens is 2. The fourth-order valence-corrected chi connectivity index (χ4v) is 3.66. The van der Waals surface area contributed by atoms with E-state index in [4.69, 9.17) is 9.84 Å². The van der Waals surface area contributed by atoms with Crippen LogP contribution < -0.4 is 0 Å². The number of cyclic esters (lactones) is 1. The van der Waals surface area contributed by atoms with Crippen molar-refractivity contribution in [1.82, 2.24) is 14.9 Å². The molecule has 1 N–H and O–H groups in total. The van der Waals surface area contributed by atoms with E-state index in [1.165, 1.54) is 12.1 Å². The van der Waals surface area contributed by atoms with Crippen LogP contribution in [0.15, 0.2) is 66.9 Å². The van der Waals surface area contributed by atoms with E-state index in [0.717, 1.165) is 35.5 Å². The average molecular weight is 452 g/mol. The van der Waals surface area contributed by atoms with E-state index in [1.807, 2.05) is 44.2 Å². The Balaban J connectivity index is 0.000000374. The largest absolute Gasteiger partial charge is 0.446 e. The number of ether oxygens (including phenoxy) is 1. The van der Waals surface area contributed by atoms with Crippen molar-refractivity contribution in [3.8, 4) is 11.3 Å². The van der Waals surface area contributed by atoms with Crippen molar-refractivity contribution in [3.05, 3.63) is 84.1 Å². The standard InChI is InChI=1S/C20H25N3O3.C6H5F/c1-14(23-12-10-18(4-3-13-24)26-20(23)25)16-5-7-17(8-6-16)19-9-11-21-15(2)22-19;7-6-4-2-1-3-5-6/h5-9,11,14,18,24H,3-4,10,12-13H2,1-2H3;1-5H. The van der Waals surface area contributed by atoms with Gasteiger partial charge in [-0.05, 0) is 50.5 Å². The molecule has 0 spiro atoms. The molecule has 2 atom stereocenters. The number of nitrogens with zero attached hydrogens (tertiary/aromatic N) is 3. The smallest absolute Gasteiger partial charge is 0.410 e. The van der Waals surface area contributed by atoms with Crippen LogP contribution in [0, 0.1) is 12.7 Å². The van der Waals surface area contributed by atoms with Crippen molar-refractivity contribution in [2.75, 3.05) is 13.2 Å². The van der Waals surface area contributed by atoms with Gasteiger partial charge in [-0.2, -0.15) is 0 Å². The highest BCUT2D eigenvalue weighted by atomic mass is 19.1. The molecule has 1 saturated heterocycles. The molecule has 0 radical (unpaired) electrons. The predicted octanol–water partition coefficient (Wildman–Crippen LogP) is 5.32. The molecule has 0 saturated carbocycles. The van der Waals surface area contributed by atoms with Crippen LogP contribution in [0.5, 0.6) is 0 Å². The molecule has 4 rings (SSSR count). The van der Waals surface area contributed by atoms with Gasteiger partial charge in [0.25, 0.3) is 0 Å². The molecular formula is C26H30FN3O3. The number of rotatable bonds is 6. The lowest BCUT2D eigenvalue weighted by Crippen LogP contribution is -2.43. The van der Waals surface area contributed by atoms with Gasteiger partial charge in [0, 0.05) is 31.3 Å². The minimum Gasteiger partial charge on any atom is -0.446 e. The van der Waals surface area contributed by atoms with Crippen molar-refractivity contribution in [3.63, 3.8) is 0 Å². The van der Waals surface area contributed by atoms with Gasteiger partial charge in [0.05, 0.1) is 11.7 Å². The first-order valence-electron chi connectivity index (χ1n) is 11.2. The van der Waals surface area contributed by atoms with E-state index in [2.05, 4.69) is 9.97 Å². The first-order valence-corrected chi connectivity index (χ1v) is 11.2. The highest BCUT2D eigenvalue weighted by molar-refractivity contribution is 5.69. The molecule has 174 valence electrons. The number of aliphatic hydroxyl groups is 1. The molecule has 2 unspecified atom stereocenters. The van der Waals surface area contributed by atoms with Crippen molar-refractivity contribution >= 4 is 6.09 Å². The second kappa shape index (κ2) is 12.1. The fourth-order valence-electron chi connectivity index (χ4n) is 3.66. The number of hydrogen-bond donors (Lipinski definition) is 1. The van der Waals surface area contributed by atoms with Crippen LogP contribution >= 0.6 is 0 Å². The van der Waals surface area contributed by atoms with Gasteiger partial charge in [0.2, 0.25) is 0 Å². The van der Waals surface area contributed by atoms with Crippen LogP contribution in [-0.2, 0) is 4.74 Å². The molecule has 1 fully saturated rings. The Kier molecular flexibility index (Phi) is 8.89. The van der Waals surface area contributed by atoms with E-state index in [1.54, 1.807) is 29.3 Å². The summed E-state index contributed by atoms with van der Waals surface area (Å²) >= 11 is 0. The predicted molar refractivity (Wildman–Crippen MR) is 125 cm³/mol. The number of halogens is 1. The second-order valence-electron chi connectivity index (χ2n) is 7.94. The summed E-state index contributed by atoms with van der Waals surface area (Å²) in [6.45, 7) is 4.68. The minimum atomic E-state index is -0.276. The fraction of sp³-hybridized carbons (Fsp3) is 0.346. The molecule has 1 aliphatic rings. The van der Waals surface area contributed by atoms with Gasteiger partial charge in [0.15, 0.2) is 0 Å². The first-order chi connectivity index (χ1) is 16.0. The van der Waals surface area contributed by atoms with Gasteiger partial charge in [-0.25, -0.2) is 19.2 Å². The Morgan fingerprint density at radius 1 is 1.15 bits per heavy atom. The molecule has 1 aromatic heterocycles. The monoisotopic (exact) mass is 451 g/mol. The third kappa shape index (κ3) is 7.08. The number of aryl methyl sites for hydroxylation is 1. The zero-order valence-electron chi connectivity index (χ0n) is 19.0. The molecule has 2 heterocycles. The zero-order chi connectivity index (χ0) is 23.6. The van der Waals surface area contributed by atoms with Gasteiger partial charge in [-0.1, -0.05) is 42.5 Å². The number of aliphatic hydroxyl groups excluding tert-OH is 1. The van der Waals surface area contributed by atoms with E-state index < -0.39 is 0 Å².